The molecule has 2 aromatic rings. The molecule has 0 radical (unpaired) electrons. The zero-order chi connectivity index (χ0) is 22.1. The number of nitrogens with one attached hydrogen (secondary N) is 1. The van der Waals surface area contributed by atoms with Crippen molar-refractivity contribution in [3.8, 4) is 5.75 Å². The molecule has 0 atom stereocenters. The zero-order valence-electron chi connectivity index (χ0n) is 18.0. The number of para-hydroxylation sites is 1. The maximum Gasteiger partial charge on any atom is 0.220 e. The van der Waals surface area contributed by atoms with E-state index in [1.807, 2.05) is 54.6 Å². The first kappa shape index (κ1) is 23.1. The second-order valence-corrected chi connectivity index (χ2v) is 9.68. The molecular formula is C23H31N3O4S. The molecule has 1 N–H and O–H groups in total. The molecule has 1 aliphatic rings. The lowest BCUT2D eigenvalue weighted by Crippen LogP contribution is -2.49. The van der Waals surface area contributed by atoms with Crippen LogP contribution in [0, 0.1) is 0 Å². The van der Waals surface area contributed by atoms with Gasteiger partial charge in [0.05, 0.1) is 12.9 Å². The van der Waals surface area contributed by atoms with Crippen LogP contribution in [0.15, 0.2) is 54.6 Å². The highest BCUT2D eigenvalue weighted by Gasteiger charge is 2.26. The molecule has 31 heavy (non-hydrogen) atoms. The van der Waals surface area contributed by atoms with Crippen molar-refractivity contribution in [3.63, 3.8) is 0 Å². The van der Waals surface area contributed by atoms with Gasteiger partial charge in [-0.3, -0.25) is 4.79 Å². The van der Waals surface area contributed by atoms with Crippen LogP contribution in [0.2, 0.25) is 0 Å². The number of piperazine rings is 1. The average molecular weight is 446 g/mol. The Bertz CT molecular complexity index is 925. The number of rotatable bonds is 10. The predicted molar refractivity (Wildman–Crippen MR) is 123 cm³/mol. The summed E-state index contributed by atoms with van der Waals surface area (Å²) >= 11 is 0. The van der Waals surface area contributed by atoms with E-state index >= 15 is 0 Å². The minimum Gasteiger partial charge on any atom is -0.497 e. The Kier molecular flexibility index (Phi) is 8.31. The first-order valence-electron chi connectivity index (χ1n) is 10.7. The standard InChI is InChI=1S/C23H31N3O4S/c1-30-22-11-8-20(9-12-22)10-13-23(27)24-14-5-19-31(28,29)26-17-15-25(16-18-26)21-6-3-2-4-7-21/h2-4,6-9,11-12H,5,10,13-19H2,1H3,(H,24,27). The highest BCUT2D eigenvalue weighted by atomic mass is 32.2. The molecule has 2 aromatic carbocycles. The van der Waals surface area contributed by atoms with Crippen LogP contribution in [-0.4, -0.2) is 64.2 Å². The lowest BCUT2D eigenvalue weighted by molar-refractivity contribution is -0.121. The monoisotopic (exact) mass is 445 g/mol. The van der Waals surface area contributed by atoms with Crippen LogP contribution in [0.25, 0.3) is 0 Å². The third-order valence-electron chi connectivity index (χ3n) is 5.45. The van der Waals surface area contributed by atoms with Gasteiger partial charge >= 0.3 is 0 Å². The van der Waals surface area contributed by atoms with Gasteiger partial charge in [-0.05, 0) is 42.7 Å². The fraction of sp³-hybridized carbons (Fsp3) is 0.435. The number of benzene rings is 2. The maximum atomic E-state index is 12.6. The van der Waals surface area contributed by atoms with Crippen LogP contribution < -0.4 is 15.0 Å². The van der Waals surface area contributed by atoms with E-state index in [-0.39, 0.29) is 11.7 Å². The number of carbonyl (C=O) groups is 1. The number of anilines is 1. The number of hydrogen-bond donors (Lipinski definition) is 1. The summed E-state index contributed by atoms with van der Waals surface area (Å²) in [7, 11) is -1.69. The second kappa shape index (κ2) is 11.2. The minimum atomic E-state index is -3.31. The molecule has 1 saturated heterocycles. The summed E-state index contributed by atoms with van der Waals surface area (Å²) in [4.78, 5) is 14.2. The third-order valence-corrected chi connectivity index (χ3v) is 7.41. The van der Waals surface area contributed by atoms with Crippen molar-refractivity contribution in [1.29, 1.82) is 0 Å². The topological polar surface area (TPSA) is 78.9 Å². The summed E-state index contributed by atoms with van der Waals surface area (Å²) < 4.78 is 31.9. The summed E-state index contributed by atoms with van der Waals surface area (Å²) in [6, 6.07) is 17.7. The molecule has 0 aliphatic carbocycles. The molecule has 1 amide bonds. The lowest BCUT2D eigenvalue weighted by atomic mass is 10.1. The van der Waals surface area contributed by atoms with Crippen LogP contribution in [0.5, 0.6) is 5.75 Å². The quantitative estimate of drug-likeness (QED) is 0.568. The van der Waals surface area contributed by atoms with Gasteiger partial charge in [-0.25, -0.2) is 8.42 Å². The Labute approximate surface area is 185 Å². The first-order valence-corrected chi connectivity index (χ1v) is 12.3. The number of ether oxygens (including phenoxy) is 1. The van der Waals surface area contributed by atoms with E-state index < -0.39 is 10.0 Å². The molecule has 0 bridgehead atoms. The van der Waals surface area contributed by atoms with Crippen molar-refractivity contribution in [2.75, 3.05) is 50.5 Å². The van der Waals surface area contributed by atoms with Crippen molar-refractivity contribution in [3.05, 3.63) is 60.2 Å². The molecule has 1 aliphatic heterocycles. The minimum absolute atomic E-state index is 0.0527. The maximum absolute atomic E-state index is 12.6. The summed E-state index contributed by atoms with van der Waals surface area (Å²) in [5, 5.41) is 2.82. The van der Waals surface area contributed by atoms with Gasteiger partial charge in [-0.1, -0.05) is 30.3 Å². The summed E-state index contributed by atoms with van der Waals surface area (Å²) in [6.07, 6.45) is 1.43. The fourth-order valence-electron chi connectivity index (χ4n) is 3.61. The smallest absolute Gasteiger partial charge is 0.220 e. The Morgan fingerprint density at radius 3 is 2.32 bits per heavy atom. The van der Waals surface area contributed by atoms with Crippen LogP contribution in [0.4, 0.5) is 5.69 Å². The second-order valence-electron chi connectivity index (χ2n) is 7.59. The summed E-state index contributed by atoms with van der Waals surface area (Å²) in [6.45, 7) is 2.72. The molecule has 0 unspecified atom stereocenters. The van der Waals surface area contributed by atoms with Crippen molar-refractivity contribution in [2.24, 2.45) is 0 Å². The Hall–Kier alpha value is -2.58. The van der Waals surface area contributed by atoms with E-state index in [0.717, 1.165) is 17.0 Å². The van der Waals surface area contributed by atoms with E-state index in [1.54, 1.807) is 11.4 Å². The van der Waals surface area contributed by atoms with Crippen molar-refractivity contribution < 1.29 is 17.9 Å². The molecule has 0 spiro atoms. The Balaban J connectivity index is 1.33. The molecule has 3 rings (SSSR count). The highest BCUT2D eigenvalue weighted by Crippen LogP contribution is 2.17. The van der Waals surface area contributed by atoms with E-state index in [0.29, 0.717) is 52.0 Å². The van der Waals surface area contributed by atoms with E-state index in [1.165, 1.54) is 0 Å². The van der Waals surface area contributed by atoms with Gasteiger partial charge in [0.15, 0.2) is 0 Å². The molecule has 8 heteroatoms. The molecule has 168 valence electrons. The van der Waals surface area contributed by atoms with E-state index in [9.17, 15) is 13.2 Å². The van der Waals surface area contributed by atoms with Crippen molar-refractivity contribution in [2.45, 2.75) is 19.3 Å². The number of hydrogen-bond acceptors (Lipinski definition) is 5. The van der Waals surface area contributed by atoms with E-state index in [2.05, 4.69) is 10.2 Å². The number of nitrogens with zero attached hydrogens (tertiary/aromatic N) is 2. The highest BCUT2D eigenvalue weighted by molar-refractivity contribution is 7.89. The van der Waals surface area contributed by atoms with E-state index in [4.69, 9.17) is 4.74 Å². The predicted octanol–water partition coefficient (Wildman–Crippen LogP) is 2.29. The van der Waals surface area contributed by atoms with Crippen molar-refractivity contribution in [1.82, 2.24) is 9.62 Å². The zero-order valence-corrected chi connectivity index (χ0v) is 18.8. The molecule has 0 aromatic heterocycles. The fourth-order valence-corrected chi connectivity index (χ4v) is 5.10. The number of sulfonamides is 1. The summed E-state index contributed by atoms with van der Waals surface area (Å²) in [5.74, 6) is 0.775. The average Bonchev–Trinajstić information content (AvgIpc) is 2.81. The van der Waals surface area contributed by atoms with Crippen LogP contribution in [-0.2, 0) is 21.2 Å². The van der Waals surface area contributed by atoms with Gasteiger partial charge in [0, 0.05) is 44.8 Å². The summed E-state index contributed by atoms with van der Waals surface area (Å²) in [5.41, 5.74) is 2.19. The van der Waals surface area contributed by atoms with Gasteiger partial charge in [-0.2, -0.15) is 4.31 Å². The van der Waals surface area contributed by atoms with Gasteiger partial charge in [0.1, 0.15) is 5.75 Å². The van der Waals surface area contributed by atoms with Crippen LogP contribution >= 0.6 is 0 Å². The Morgan fingerprint density at radius 2 is 1.68 bits per heavy atom. The molecule has 1 fully saturated rings. The number of carbonyl (C=O) groups excluding carboxylic acids is 1. The third kappa shape index (κ3) is 6.97. The normalized spacial score (nSPS) is 14.9. The molecule has 1 heterocycles. The Morgan fingerprint density at radius 1 is 1.00 bits per heavy atom. The largest absolute Gasteiger partial charge is 0.497 e. The number of aryl methyl sites for hydroxylation is 1. The van der Waals surface area contributed by atoms with Gasteiger partial charge < -0.3 is 15.0 Å². The molecular weight excluding hydrogens is 414 g/mol. The number of amides is 1. The van der Waals surface area contributed by atoms with Gasteiger partial charge in [-0.15, -0.1) is 0 Å². The van der Waals surface area contributed by atoms with Crippen molar-refractivity contribution >= 4 is 21.6 Å². The van der Waals surface area contributed by atoms with Gasteiger partial charge in [0.2, 0.25) is 15.9 Å². The molecule has 0 saturated carbocycles. The SMILES string of the molecule is COc1ccc(CCC(=O)NCCCS(=O)(=O)N2CCN(c3ccccc3)CC2)cc1. The molecule has 7 nitrogen and oxygen atoms in total. The van der Waals surface area contributed by atoms with Crippen LogP contribution in [0.1, 0.15) is 18.4 Å². The van der Waals surface area contributed by atoms with Crippen LogP contribution in [0.3, 0.4) is 0 Å². The van der Waals surface area contributed by atoms with Gasteiger partial charge in [0.25, 0.3) is 0 Å². The lowest BCUT2D eigenvalue weighted by Gasteiger charge is -2.35. The number of methoxy groups -OCH3 is 1. The first-order chi connectivity index (χ1) is 15.0.